The second-order valence-corrected chi connectivity index (χ2v) is 9.56. The fourth-order valence-electron chi connectivity index (χ4n) is 4.37. The molecule has 0 unspecified atom stereocenters. The van der Waals surface area contributed by atoms with Crippen molar-refractivity contribution >= 4 is 46.5 Å². The highest BCUT2D eigenvalue weighted by Crippen LogP contribution is 2.45. The van der Waals surface area contributed by atoms with Gasteiger partial charge in [-0.3, -0.25) is 0 Å². The Balaban J connectivity index is 1.24. The molecule has 0 radical (unpaired) electrons. The zero-order valence-electron chi connectivity index (χ0n) is 16.2. The van der Waals surface area contributed by atoms with E-state index < -0.39 is 0 Å². The molecule has 3 aliphatic rings. The molecule has 1 saturated heterocycles. The van der Waals surface area contributed by atoms with Crippen molar-refractivity contribution in [2.75, 3.05) is 25.0 Å². The van der Waals surface area contributed by atoms with Gasteiger partial charge in [-0.25, -0.2) is 9.98 Å². The van der Waals surface area contributed by atoms with E-state index in [2.05, 4.69) is 44.8 Å². The Morgan fingerprint density at radius 1 is 1.17 bits per heavy atom. The quantitative estimate of drug-likeness (QED) is 0.581. The minimum Gasteiger partial charge on any atom is -0.377 e. The number of aromatic nitrogens is 1. The van der Waals surface area contributed by atoms with E-state index in [0.717, 1.165) is 41.7 Å². The summed E-state index contributed by atoms with van der Waals surface area (Å²) in [7, 11) is 0. The van der Waals surface area contributed by atoms with Crippen LogP contribution >= 0.6 is 35.0 Å². The smallest absolute Gasteiger partial charge is 0.148 e. The van der Waals surface area contributed by atoms with Crippen LogP contribution in [0.3, 0.4) is 0 Å². The summed E-state index contributed by atoms with van der Waals surface area (Å²) in [5.41, 5.74) is 8.98. The molecule has 30 heavy (non-hydrogen) atoms. The normalized spacial score (nSPS) is 22.1. The summed E-state index contributed by atoms with van der Waals surface area (Å²) in [6.07, 6.45) is 5.48. The van der Waals surface area contributed by atoms with E-state index in [9.17, 15) is 0 Å². The van der Waals surface area contributed by atoms with Gasteiger partial charge in [-0.2, -0.15) is 0 Å². The highest BCUT2D eigenvalue weighted by Gasteiger charge is 2.46. The van der Waals surface area contributed by atoms with Crippen LogP contribution in [0.15, 0.2) is 57.6 Å². The van der Waals surface area contributed by atoms with Gasteiger partial charge in [-0.15, -0.1) is 0 Å². The molecule has 1 aromatic heterocycles. The zero-order chi connectivity index (χ0) is 20.7. The number of hydrogen-bond acceptors (Lipinski definition) is 7. The standard InChI is InChI=1S/C21H22Cl2N6S/c22-18-15(5-8-25-20(18)23)30-17-12-26-16(11-27-17)29-9-6-21(7-10-29)19(24)13-3-1-2-4-14(13)28-21/h1-5,8,12,19,27-28H,6-7,9-11,24H2/t19-/m1/s1. The molecule has 2 aromatic rings. The number of aliphatic imine (C=N–C) groups is 1. The molecular formula is C21H22Cl2N6S. The van der Waals surface area contributed by atoms with Crippen LogP contribution in [-0.4, -0.2) is 40.9 Å². The van der Waals surface area contributed by atoms with E-state index in [0.29, 0.717) is 16.7 Å². The number of likely N-dealkylation sites (tertiary alicyclic amines) is 1. The number of thioether (sulfide) groups is 1. The lowest BCUT2D eigenvalue weighted by atomic mass is 9.81. The molecule has 0 bridgehead atoms. The summed E-state index contributed by atoms with van der Waals surface area (Å²) in [4.78, 5) is 11.9. The maximum Gasteiger partial charge on any atom is 0.148 e. The molecular weight excluding hydrogens is 439 g/mol. The SMILES string of the molecule is N[C@@H]1c2ccccc2NC12CCN(C1=NC=C(Sc3ccnc(Cl)c3Cl)NC1)CC2. The van der Waals surface area contributed by atoms with Crippen LogP contribution in [0.4, 0.5) is 5.69 Å². The van der Waals surface area contributed by atoms with Gasteiger partial charge in [-0.05, 0) is 30.5 Å². The first kappa shape index (κ1) is 20.0. The van der Waals surface area contributed by atoms with Crippen molar-refractivity contribution in [3.05, 3.63) is 63.5 Å². The Bertz CT molecular complexity index is 1030. The lowest BCUT2D eigenvalue weighted by molar-refractivity contribution is 0.223. The molecule has 4 N–H and O–H groups in total. The van der Waals surface area contributed by atoms with E-state index in [-0.39, 0.29) is 11.6 Å². The Morgan fingerprint density at radius 3 is 2.70 bits per heavy atom. The molecule has 1 aromatic carbocycles. The predicted molar refractivity (Wildman–Crippen MR) is 124 cm³/mol. The molecule has 0 aliphatic carbocycles. The number of piperidine rings is 1. The summed E-state index contributed by atoms with van der Waals surface area (Å²) in [6.45, 7) is 2.54. The maximum atomic E-state index is 6.63. The largest absolute Gasteiger partial charge is 0.377 e. The Hall–Kier alpha value is -1.93. The van der Waals surface area contributed by atoms with Crippen molar-refractivity contribution < 1.29 is 0 Å². The van der Waals surface area contributed by atoms with E-state index in [1.54, 1.807) is 6.20 Å². The first-order chi connectivity index (χ1) is 14.6. The van der Waals surface area contributed by atoms with Crippen molar-refractivity contribution in [3.8, 4) is 0 Å². The second-order valence-electron chi connectivity index (χ2n) is 7.74. The molecule has 3 aliphatic heterocycles. The van der Waals surface area contributed by atoms with Crippen LogP contribution in [-0.2, 0) is 0 Å². The van der Waals surface area contributed by atoms with Crippen LogP contribution in [0.5, 0.6) is 0 Å². The third-order valence-electron chi connectivity index (χ3n) is 6.08. The van der Waals surface area contributed by atoms with Gasteiger partial charge in [0.05, 0.1) is 34.4 Å². The van der Waals surface area contributed by atoms with Gasteiger partial charge in [0.25, 0.3) is 0 Å². The minimum atomic E-state index is -0.0585. The van der Waals surface area contributed by atoms with E-state index >= 15 is 0 Å². The number of pyridine rings is 1. The first-order valence-corrected chi connectivity index (χ1v) is 11.5. The van der Waals surface area contributed by atoms with Gasteiger partial charge in [-0.1, -0.05) is 53.2 Å². The van der Waals surface area contributed by atoms with Crippen molar-refractivity contribution in [1.82, 2.24) is 15.2 Å². The van der Waals surface area contributed by atoms with E-state index in [1.807, 2.05) is 12.3 Å². The van der Waals surface area contributed by atoms with Crippen molar-refractivity contribution in [2.24, 2.45) is 10.7 Å². The maximum absolute atomic E-state index is 6.63. The minimum absolute atomic E-state index is 0.0297. The predicted octanol–water partition coefficient (Wildman–Crippen LogP) is 4.24. The van der Waals surface area contributed by atoms with Crippen LogP contribution in [0.1, 0.15) is 24.4 Å². The Kier molecular flexibility index (Phi) is 5.31. The molecule has 9 heteroatoms. The van der Waals surface area contributed by atoms with Gasteiger partial charge in [0.15, 0.2) is 0 Å². The van der Waals surface area contributed by atoms with Crippen LogP contribution in [0.2, 0.25) is 10.2 Å². The fourth-order valence-corrected chi connectivity index (χ4v) is 5.61. The Labute approximate surface area is 189 Å². The number of nitrogens with zero attached hydrogens (tertiary/aromatic N) is 3. The fraction of sp³-hybridized carbons (Fsp3) is 0.333. The summed E-state index contributed by atoms with van der Waals surface area (Å²) in [6, 6.07) is 10.3. The molecule has 0 saturated carbocycles. The van der Waals surface area contributed by atoms with Crippen molar-refractivity contribution in [3.63, 3.8) is 0 Å². The number of benzene rings is 1. The van der Waals surface area contributed by atoms with Gasteiger partial charge < -0.3 is 21.3 Å². The second kappa shape index (κ2) is 7.96. The van der Waals surface area contributed by atoms with Gasteiger partial charge >= 0.3 is 0 Å². The number of halogens is 2. The van der Waals surface area contributed by atoms with Gasteiger partial charge in [0.1, 0.15) is 11.0 Å². The lowest BCUT2D eigenvalue weighted by Crippen LogP contribution is -2.54. The molecule has 0 amide bonds. The Morgan fingerprint density at radius 2 is 1.97 bits per heavy atom. The topological polar surface area (TPSA) is 78.6 Å². The van der Waals surface area contributed by atoms with Gasteiger partial charge in [0.2, 0.25) is 0 Å². The highest BCUT2D eigenvalue weighted by molar-refractivity contribution is 8.03. The molecule has 5 rings (SSSR count). The third kappa shape index (κ3) is 3.54. The molecule has 4 heterocycles. The molecule has 1 fully saturated rings. The number of rotatable bonds is 2. The van der Waals surface area contributed by atoms with Crippen molar-refractivity contribution in [1.29, 1.82) is 0 Å². The highest BCUT2D eigenvalue weighted by atomic mass is 35.5. The third-order valence-corrected chi connectivity index (χ3v) is 7.99. The first-order valence-electron chi connectivity index (χ1n) is 9.92. The summed E-state index contributed by atoms with van der Waals surface area (Å²) in [5, 5.41) is 8.86. The monoisotopic (exact) mass is 460 g/mol. The number of fused-ring (bicyclic) bond motifs is 1. The molecule has 1 atom stereocenters. The number of hydrogen-bond donors (Lipinski definition) is 3. The lowest BCUT2D eigenvalue weighted by Gasteiger charge is -2.43. The van der Waals surface area contributed by atoms with Crippen molar-refractivity contribution in [2.45, 2.75) is 29.3 Å². The van der Waals surface area contributed by atoms with Gasteiger partial charge in [0, 0.05) is 29.9 Å². The summed E-state index contributed by atoms with van der Waals surface area (Å²) < 4.78 is 0. The van der Waals surface area contributed by atoms with Crippen LogP contribution in [0, 0.1) is 0 Å². The van der Waals surface area contributed by atoms with Crippen LogP contribution in [0.25, 0.3) is 0 Å². The van der Waals surface area contributed by atoms with E-state index in [4.69, 9.17) is 33.9 Å². The average Bonchev–Trinajstić information content (AvgIpc) is 3.04. The number of anilines is 1. The van der Waals surface area contributed by atoms with Crippen LogP contribution < -0.4 is 16.4 Å². The molecule has 156 valence electrons. The number of nitrogens with one attached hydrogen (secondary N) is 2. The number of nitrogens with two attached hydrogens (primary N) is 1. The number of para-hydroxylation sites is 1. The molecule has 6 nitrogen and oxygen atoms in total. The summed E-state index contributed by atoms with van der Waals surface area (Å²) in [5.74, 6) is 1.05. The van der Waals surface area contributed by atoms with E-state index in [1.165, 1.54) is 23.0 Å². The number of amidine groups is 1. The summed E-state index contributed by atoms with van der Waals surface area (Å²) >= 11 is 13.7. The average molecular weight is 461 g/mol. The zero-order valence-corrected chi connectivity index (χ0v) is 18.6. The molecule has 1 spiro atoms.